The van der Waals surface area contributed by atoms with Crippen LogP contribution in [0.3, 0.4) is 0 Å². The van der Waals surface area contributed by atoms with E-state index in [0.29, 0.717) is 22.1 Å². The van der Waals surface area contributed by atoms with Gasteiger partial charge < -0.3 is 21.0 Å². The molecule has 0 aliphatic carbocycles. The van der Waals surface area contributed by atoms with Crippen molar-refractivity contribution in [3.05, 3.63) is 27.2 Å². The zero-order valence-electron chi connectivity index (χ0n) is 16.6. The summed E-state index contributed by atoms with van der Waals surface area (Å²) < 4.78 is 12.9. The third-order valence-electron chi connectivity index (χ3n) is 4.74. The minimum absolute atomic E-state index is 0.114. The number of oxime groups is 1. The molecule has 12 nitrogen and oxygen atoms in total. The number of alkyl halides is 1. The van der Waals surface area contributed by atoms with Crippen molar-refractivity contribution >= 4 is 63.1 Å². The van der Waals surface area contributed by atoms with Crippen molar-refractivity contribution in [3.8, 4) is 0 Å². The number of carboxylic acid groups (broad SMARTS) is 1. The number of thiazole rings is 1. The molecule has 1 saturated heterocycles. The largest absolute Gasteiger partial charge is 0.477 e. The van der Waals surface area contributed by atoms with Gasteiger partial charge in [-0.25, -0.2) is 14.2 Å². The smallest absolute Gasteiger partial charge is 0.353 e. The van der Waals surface area contributed by atoms with Crippen LogP contribution in [0.1, 0.15) is 18.5 Å². The number of aliphatic carboxylic acids is 1. The number of carbonyl (C=O) groups excluding carboxylic acids is 2. The number of aromatic nitrogens is 3. The molecule has 1 fully saturated rings. The molecule has 0 spiro atoms. The van der Waals surface area contributed by atoms with Crippen LogP contribution in [-0.4, -0.2) is 74.0 Å². The number of hydrogen-bond acceptors (Lipinski definition) is 12. The highest BCUT2D eigenvalue weighted by atomic mass is 32.2. The summed E-state index contributed by atoms with van der Waals surface area (Å²) in [6, 6.07) is -1.50. The van der Waals surface area contributed by atoms with Crippen LogP contribution in [0, 0.1) is 0 Å². The number of allylic oxidation sites excluding steroid dienone is 1. The number of β-lactam (4-membered cyclic amide) rings is 1. The molecule has 2 aromatic rings. The van der Waals surface area contributed by atoms with Gasteiger partial charge in [0.15, 0.2) is 15.2 Å². The van der Waals surface area contributed by atoms with Gasteiger partial charge in [-0.1, -0.05) is 28.3 Å². The summed E-state index contributed by atoms with van der Waals surface area (Å²) in [6.07, 6.45) is 0.818. The van der Waals surface area contributed by atoms with Gasteiger partial charge in [-0.3, -0.25) is 14.5 Å². The Hall–Kier alpha value is -3.11. The number of nitrogens with zero attached hydrogens (tertiary/aromatic N) is 5. The van der Waals surface area contributed by atoms with Gasteiger partial charge in [-0.05, 0) is 12.8 Å². The number of nitrogens with one attached hydrogen (secondary N) is 1. The van der Waals surface area contributed by atoms with Crippen molar-refractivity contribution in [2.45, 2.75) is 29.3 Å². The molecule has 2 aliphatic heterocycles. The van der Waals surface area contributed by atoms with Gasteiger partial charge in [0.2, 0.25) is 0 Å². The molecule has 4 N–H and O–H groups in total. The first kappa shape index (κ1) is 23.1. The van der Waals surface area contributed by atoms with Crippen molar-refractivity contribution in [2.75, 3.05) is 19.0 Å². The van der Waals surface area contributed by atoms with Crippen LogP contribution in [0.4, 0.5) is 9.52 Å². The second-order valence-corrected chi connectivity index (χ2v) is 9.75. The highest BCUT2D eigenvalue weighted by Gasteiger charge is 2.54. The lowest BCUT2D eigenvalue weighted by atomic mass is 9.86. The standard InChI is InChI=1S/C17H16FN7O5S3/c18-3-4-30-24-10(7-5-31-16(19)21-7)13(26)22-11-8-1-2-9(33-17-23-20-6-32-17)12(15(28)29)25(8)14(11)27/h5-6,8,11H,1-4H2,(H2,19,21)(H,22,26)(H,28,29)/b24-10-/t8?,11-/m0/s1. The molecule has 174 valence electrons. The lowest BCUT2D eigenvalue weighted by Crippen LogP contribution is -2.72. The number of nitrogens with two attached hydrogens (primary N) is 1. The van der Waals surface area contributed by atoms with Crippen LogP contribution >= 0.6 is 34.4 Å². The van der Waals surface area contributed by atoms with Crippen LogP contribution in [0.25, 0.3) is 0 Å². The highest BCUT2D eigenvalue weighted by Crippen LogP contribution is 2.43. The third kappa shape index (κ3) is 4.67. The lowest BCUT2D eigenvalue weighted by Gasteiger charge is -2.49. The van der Waals surface area contributed by atoms with Gasteiger partial charge in [-0.15, -0.1) is 21.5 Å². The summed E-state index contributed by atoms with van der Waals surface area (Å²) in [5, 5.41) is 25.2. The van der Waals surface area contributed by atoms with Crippen molar-refractivity contribution in [1.29, 1.82) is 0 Å². The molecule has 33 heavy (non-hydrogen) atoms. The van der Waals surface area contributed by atoms with E-state index in [-0.39, 0.29) is 28.8 Å². The number of carboxylic acids is 1. The van der Waals surface area contributed by atoms with Gasteiger partial charge >= 0.3 is 5.97 Å². The Bertz CT molecular complexity index is 1140. The molecule has 2 aromatic heterocycles. The third-order valence-corrected chi connectivity index (χ3v) is 7.33. The van der Waals surface area contributed by atoms with Crippen LogP contribution in [-0.2, 0) is 19.2 Å². The monoisotopic (exact) mass is 513 g/mol. The minimum Gasteiger partial charge on any atom is -0.477 e. The van der Waals surface area contributed by atoms with Gasteiger partial charge in [0.25, 0.3) is 11.8 Å². The predicted octanol–water partition coefficient (Wildman–Crippen LogP) is 0.845. The first-order chi connectivity index (χ1) is 15.9. The van der Waals surface area contributed by atoms with Crippen molar-refractivity contribution < 1.29 is 28.7 Å². The molecular formula is C17H16FN7O5S3. The number of anilines is 1. The second-order valence-electron chi connectivity index (χ2n) is 6.68. The zero-order chi connectivity index (χ0) is 23.5. The van der Waals surface area contributed by atoms with E-state index in [0.717, 1.165) is 23.1 Å². The quantitative estimate of drug-likeness (QED) is 0.189. The van der Waals surface area contributed by atoms with Crippen molar-refractivity contribution in [3.63, 3.8) is 0 Å². The summed E-state index contributed by atoms with van der Waals surface area (Å²) in [5.74, 6) is -2.58. The van der Waals surface area contributed by atoms with E-state index in [2.05, 4.69) is 25.7 Å². The van der Waals surface area contributed by atoms with Gasteiger partial charge in [0.1, 0.15) is 36.2 Å². The van der Waals surface area contributed by atoms with E-state index in [9.17, 15) is 23.9 Å². The lowest BCUT2D eigenvalue weighted by molar-refractivity contribution is -0.155. The Morgan fingerprint density at radius 3 is 2.91 bits per heavy atom. The first-order valence-electron chi connectivity index (χ1n) is 9.42. The van der Waals surface area contributed by atoms with E-state index in [1.54, 1.807) is 0 Å². The fraction of sp³-hybridized carbons (Fsp3) is 0.353. The maximum absolute atomic E-state index is 12.9. The molecule has 2 aliphatic rings. The molecule has 2 amide bonds. The minimum atomic E-state index is -1.25. The number of hydrogen-bond donors (Lipinski definition) is 3. The Kier molecular flexibility index (Phi) is 6.85. The average Bonchev–Trinajstić information content (AvgIpc) is 3.46. The summed E-state index contributed by atoms with van der Waals surface area (Å²) in [4.78, 5) is 48.1. The van der Waals surface area contributed by atoms with Crippen molar-refractivity contribution in [2.24, 2.45) is 5.16 Å². The van der Waals surface area contributed by atoms with Gasteiger partial charge in [-0.2, -0.15) is 0 Å². The molecule has 16 heteroatoms. The SMILES string of the molecule is Nc1nc(/C(=N/OCCF)C(=O)N[C@@H]2C(=O)N3C(C(=O)O)=C(Sc4nncs4)CCC23)cs1. The van der Waals surface area contributed by atoms with Crippen LogP contribution in [0.5, 0.6) is 0 Å². The first-order valence-corrected chi connectivity index (χ1v) is 12.0. The fourth-order valence-corrected chi connectivity index (χ4v) is 5.65. The number of fused-ring (bicyclic) bond motifs is 1. The van der Waals surface area contributed by atoms with Crippen LogP contribution < -0.4 is 11.1 Å². The number of carbonyl (C=O) groups is 3. The molecule has 1 unspecified atom stereocenters. The maximum Gasteiger partial charge on any atom is 0.353 e. The molecule has 0 bridgehead atoms. The fourth-order valence-electron chi connectivity index (χ4n) is 3.40. The number of nitrogen functional groups attached to an aromatic ring is 1. The van der Waals surface area contributed by atoms with Gasteiger partial charge in [0.05, 0.1) is 6.04 Å². The summed E-state index contributed by atoms with van der Waals surface area (Å²) in [6.45, 7) is -1.17. The Morgan fingerprint density at radius 1 is 1.45 bits per heavy atom. The molecule has 0 saturated carbocycles. The van der Waals surface area contributed by atoms with Gasteiger partial charge in [0, 0.05) is 10.3 Å². The second kappa shape index (κ2) is 9.80. The molecular weight excluding hydrogens is 497 g/mol. The van der Waals surface area contributed by atoms with E-state index in [1.165, 1.54) is 27.1 Å². The normalized spacial score (nSPS) is 20.3. The molecule has 4 heterocycles. The summed E-state index contributed by atoms with van der Waals surface area (Å²) >= 11 is 3.49. The van der Waals surface area contributed by atoms with E-state index < -0.39 is 36.5 Å². The molecule has 0 aromatic carbocycles. The summed E-state index contributed by atoms with van der Waals surface area (Å²) in [5.41, 5.74) is 6.86. The highest BCUT2D eigenvalue weighted by molar-refractivity contribution is 8.04. The topological polar surface area (TPSA) is 173 Å². The van der Waals surface area contributed by atoms with E-state index in [4.69, 9.17) is 10.6 Å². The average molecular weight is 514 g/mol. The molecule has 2 atom stereocenters. The molecule has 4 rings (SSSR count). The Morgan fingerprint density at radius 2 is 2.27 bits per heavy atom. The number of rotatable bonds is 9. The van der Waals surface area contributed by atoms with Crippen molar-refractivity contribution in [1.82, 2.24) is 25.4 Å². The molecule has 0 radical (unpaired) electrons. The number of halogens is 1. The van der Waals surface area contributed by atoms with E-state index in [1.807, 2.05) is 0 Å². The Balaban J connectivity index is 1.52. The number of thioether (sulfide) groups is 1. The summed E-state index contributed by atoms with van der Waals surface area (Å²) in [7, 11) is 0. The predicted molar refractivity (Wildman–Crippen MR) is 117 cm³/mol. The maximum atomic E-state index is 12.9. The zero-order valence-corrected chi connectivity index (χ0v) is 19.1. The number of amides is 2. The van der Waals surface area contributed by atoms with E-state index >= 15 is 0 Å². The van der Waals surface area contributed by atoms with Crippen LogP contribution in [0.15, 0.2) is 31.0 Å². The van der Waals surface area contributed by atoms with Crippen LogP contribution in [0.2, 0.25) is 0 Å². The Labute approximate surface area is 197 Å².